The molecule has 14 heteroatoms. The molecule has 3 amide bonds. The Morgan fingerprint density at radius 3 is 2.11 bits per heavy atom. The second-order valence-corrected chi connectivity index (χ2v) is 7.46. The number of nitrogens with one attached hydrogen (secondary N) is 4. The zero-order chi connectivity index (χ0) is 22.8. The van der Waals surface area contributed by atoms with Crippen LogP contribution in [0.2, 0.25) is 0 Å². The number of rotatable bonds is 11. The van der Waals surface area contributed by atoms with E-state index in [4.69, 9.17) is 0 Å². The third-order valence-corrected chi connectivity index (χ3v) is 4.39. The van der Waals surface area contributed by atoms with Gasteiger partial charge < -0.3 is 47.9 Å². The minimum atomic E-state index is -1.15. The number of amides is 3. The molecule has 35 heavy (non-hydrogen) atoms. The fraction of sp³-hybridized carbons (Fsp3) is 0.381. The van der Waals surface area contributed by atoms with Gasteiger partial charge in [-0.05, 0) is 24.5 Å². The van der Waals surface area contributed by atoms with Gasteiger partial charge in [-0.25, -0.2) is 9.78 Å². The molecule has 0 aliphatic heterocycles. The summed E-state index contributed by atoms with van der Waals surface area (Å²) in [5.41, 5.74) is 0.920. The summed E-state index contributed by atoms with van der Waals surface area (Å²) in [5, 5.41) is 16.9. The summed E-state index contributed by atoms with van der Waals surface area (Å²) in [5.74, 6) is -2.75. The Morgan fingerprint density at radius 1 is 0.971 bits per heavy atom. The summed E-state index contributed by atoms with van der Waals surface area (Å²) >= 11 is 0. The Kier molecular flexibility index (Phi) is 18.0. The maximum atomic E-state index is 12.7. The van der Waals surface area contributed by atoms with Gasteiger partial charge in [0.25, 0.3) is 5.91 Å². The largest absolute Gasteiger partial charge is 0.480 e. The number of hydrogen-bond donors (Lipinski definition) is 5. The summed E-state index contributed by atoms with van der Waals surface area (Å²) in [4.78, 5) is 55.5. The topological polar surface area (TPSA) is 279 Å². The van der Waals surface area contributed by atoms with Crippen molar-refractivity contribution in [2.24, 2.45) is 5.92 Å². The van der Waals surface area contributed by atoms with E-state index in [9.17, 15) is 24.3 Å². The number of carboxylic acid groups (broad SMARTS) is 1. The first-order valence-electron chi connectivity index (χ1n) is 9.89. The van der Waals surface area contributed by atoms with Crippen molar-refractivity contribution in [1.29, 1.82) is 0 Å². The number of benzene rings is 1. The zero-order valence-electron chi connectivity index (χ0n) is 19.4. The van der Waals surface area contributed by atoms with Crippen molar-refractivity contribution in [3.63, 3.8) is 0 Å². The maximum absolute atomic E-state index is 12.7. The van der Waals surface area contributed by atoms with Crippen LogP contribution in [0, 0.1) is 5.92 Å². The van der Waals surface area contributed by atoms with Gasteiger partial charge in [-0.1, -0.05) is 32.0 Å². The molecule has 14 nitrogen and oxygen atoms in total. The van der Waals surface area contributed by atoms with Gasteiger partial charge in [0.2, 0.25) is 11.8 Å². The number of carboxylic acids is 1. The molecule has 0 aliphatic rings. The van der Waals surface area contributed by atoms with Crippen LogP contribution in [-0.2, 0) is 20.8 Å². The summed E-state index contributed by atoms with van der Waals surface area (Å²) in [6.07, 6.45) is 3.32. The van der Waals surface area contributed by atoms with E-state index in [0.29, 0.717) is 11.3 Å². The van der Waals surface area contributed by atoms with Gasteiger partial charge in [-0.2, -0.15) is 0 Å². The first-order valence-corrected chi connectivity index (χ1v) is 9.89. The predicted molar refractivity (Wildman–Crippen MR) is 126 cm³/mol. The highest BCUT2D eigenvalue weighted by Gasteiger charge is 2.27. The summed E-state index contributed by atoms with van der Waals surface area (Å²) in [6.45, 7) is 3.35. The van der Waals surface area contributed by atoms with Crippen LogP contribution in [0.5, 0.6) is 0 Å². The molecule has 1 heterocycles. The Labute approximate surface area is 201 Å². The van der Waals surface area contributed by atoms with Crippen LogP contribution in [-0.4, -0.2) is 79.3 Å². The van der Waals surface area contributed by atoms with Gasteiger partial charge in [-0.15, -0.1) is 0 Å². The number of carbonyl (C=O) groups is 4. The molecule has 2 aromatic rings. The van der Waals surface area contributed by atoms with Crippen molar-refractivity contribution >= 4 is 23.7 Å². The van der Waals surface area contributed by atoms with E-state index < -0.39 is 35.8 Å². The molecular formula is C21H35N5O9. The number of imidazole rings is 1. The summed E-state index contributed by atoms with van der Waals surface area (Å²) in [6, 6.07) is 6.27. The highest BCUT2D eigenvalue weighted by molar-refractivity contribution is 5.97. The molecular weight excluding hydrogens is 466 g/mol. The average molecular weight is 502 g/mol. The van der Waals surface area contributed by atoms with Crippen LogP contribution in [0.15, 0.2) is 42.9 Å². The van der Waals surface area contributed by atoms with Gasteiger partial charge >= 0.3 is 5.97 Å². The Morgan fingerprint density at radius 2 is 1.60 bits per heavy atom. The Bertz CT molecular complexity index is 892. The van der Waals surface area contributed by atoms with Crippen molar-refractivity contribution in [1.82, 2.24) is 25.9 Å². The minimum absolute atomic E-state index is 0. The second kappa shape index (κ2) is 17.6. The van der Waals surface area contributed by atoms with Gasteiger partial charge in [0, 0.05) is 18.2 Å². The molecule has 2 atom stereocenters. The van der Waals surface area contributed by atoms with Gasteiger partial charge in [-0.3, -0.25) is 14.4 Å². The second-order valence-electron chi connectivity index (χ2n) is 7.46. The van der Waals surface area contributed by atoms with Gasteiger partial charge in [0.1, 0.15) is 12.1 Å². The standard InChI is InChI=1S/C21H27N5O5.4H2O/c1-13(2)8-17(21(30)31)26-20(29)16(9-15-10-22-12-24-15)25-18(27)11-23-19(28)14-6-4-3-5-7-14;;;;/h3-7,10,12-13,16-17H,8-9,11H2,1-2H3,(H,22,24)(H,23,28)(H,25,27)(H,26,29)(H,30,31);4*1H2. The number of aromatic nitrogens is 2. The van der Waals surface area contributed by atoms with E-state index in [0.717, 1.165) is 0 Å². The van der Waals surface area contributed by atoms with Crippen molar-refractivity contribution in [2.45, 2.75) is 38.8 Å². The normalized spacial score (nSPS) is 11.2. The molecule has 0 spiro atoms. The highest BCUT2D eigenvalue weighted by atomic mass is 16.4. The molecule has 2 unspecified atom stereocenters. The molecule has 13 N–H and O–H groups in total. The van der Waals surface area contributed by atoms with E-state index in [2.05, 4.69) is 25.9 Å². The number of carbonyl (C=O) groups excluding carboxylic acids is 3. The average Bonchev–Trinajstić information content (AvgIpc) is 3.24. The molecule has 2 rings (SSSR count). The number of nitrogens with zero attached hydrogens (tertiary/aromatic N) is 1. The Balaban J connectivity index is -0.00000256. The third-order valence-electron chi connectivity index (χ3n) is 4.39. The number of hydrogen-bond acceptors (Lipinski definition) is 5. The van der Waals surface area contributed by atoms with Crippen LogP contribution in [0.4, 0.5) is 0 Å². The lowest BCUT2D eigenvalue weighted by molar-refractivity contribution is -0.142. The monoisotopic (exact) mass is 501 g/mol. The molecule has 0 fully saturated rings. The quantitative estimate of drug-likeness (QED) is 0.216. The molecule has 0 bridgehead atoms. The van der Waals surface area contributed by atoms with E-state index in [1.807, 2.05) is 13.8 Å². The first kappa shape index (κ1) is 35.7. The number of aliphatic carboxylic acids is 1. The predicted octanol–water partition coefficient (Wildman–Crippen LogP) is -2.82. The smallest absolute Gasteiger partial charge is 0.326 e. The lowest BCUT2D eigenvalue weighted by atomic mass is 10.0. The van der Waals surface area contributed by atoms with Gasteiger partial charge in [0.05, 0.1) is 18.6 Å². The van der Waals surface area contributed by atoms with E-state index in [-0.39, 0.29) is 47.2 Å². The molecule has 1 aromatic heterocycles. The zero-order valence-corrected chi connectivity index (χ0v) is 19.4. The van der Waals surface area contributed by atoms with E-state index in [1.54, 1.807) is 36.5 Å². The summed E-state index contributed by atoms with van der Waals surface area (Å²) in [7, 11) is 0. The van der Waals surface area contributed by atoms with Crippen molar-refractivity contribution < 1.29 is 46.2 Å². The molecule has 0 saturated heterocycles. The van der Waals surface area contributed by atoms with Crippen LogP contribution in [0.25, 0.3) is 0 Å². The van der Waals surface area contributed by atoms with Crippen molar-refractivity contribution in [3.05, 3.63) is 54.1 Å². The lowest BCUT2D eigenvalue weighted by Crippen LogP contribution is -2.54. The fourth-order valence-corrected chi connectivity index (χ4v) is 2.88. The Hall–Kier alpha value is -3.85. The lowest BCUT2D eigenvalue weighted by Gasteiger charge is -2.22. The SMILES string of the molecule is CC(C)CC(NC(=O)C(Cc1c[nH]cn1)NC(=O)CNC(=O)c1ccccc1)C(=O)O.O.O.O.O. The van der Waals surface area contributed by atoms with Crippen LogP contribution in [0.3, 0.4) is 0 Å². The molecule has 0 saturated carbocycles. The van der Waals surface area contributed by atoms with Crippen LogP contribution < -0.4 is 16.0 Å². The first-order chi connectivity index (χ1) is 14.8. The molecule has 0 aliphatic carbocycles. The van der Waals surface area contributed by atoms with E-state index in [1.165, 1.54) is 6.33 Å². The minimum Gasteiger partial charge on any atom is -0.480 e. The number of aromatic amines is 1. The molecule has 1 aromatic carbocycles. The summed E-state index contributed by atoms with van der Waals surface area (Å²) < 4.78 is 0. The highest BCUT2D eigenvalue weighted by Crippen LogP contribution is 2.07. The third kappa shape index (κ3) is 12.3. The maximum Gasteiger partial charge on any atom is 0.326 e. The fourth-order valence-electron chi connectivity index (χ4n) is 2.88. The molecule has 198 valence electrons. The van der Waals surface area contributed by atoms with Crippen molar-refractivity contribution in [3.8, 4) is 0 Å². The van der Waals surface area contributed by atoms with Crippen LogP contribution >= 0.6 is 0 Å². The van der Waals surface area contributed by atoms with Crippen molar-refractivity contribution in [2.75, 3.05) is 6.54 Å². The number of H-pyrrole nitrogens is 1. The van der Waals surface area contributed by atoms with E-state index >= 15 is 0 Å². The van der Waals surface area contributed by atoms with Gasteiger partial charge in [0.15, 0.2) is 0 Å². The van der Waals surface area contributed by atoms with Crippen LogP contribution in [0.1, 0.15) is 36.3 Å². The molecule has 0 radical (unpaired) electrons.